The minimum atomic E-state index is -4.40. The summed E-state index contributed by atoms with van der Waals surface area (Å²) in [5, 5.41) is 11.1. The molecule has 0 amide bonds. The Balaban J connectivity index is 3.06. The number of hydrogen-bond donors (Lipinski definition) is 0. The second-order valence-corrected chi connectivity index (χ2v) is 2.55. The van der Waals surface area contributed by atoms with Crippen molar-refractivity contribution in [1.82, 2.24) is 0 Å². The van der Waals surface area contributed by atoms with Crippen molar-refractivity contribution in [3.05, 3.63) is 35.0 Å². The van der Waals surface area contributed by atoms with E-state index in [9.17, 15) is 18.4 Å². The maximum atomic E-state index is 12.1. The molecule has 0 aliphatic carbocycles. The summed E-state index contributed by atoms with van der Waals surface area (Å²) in [6.07, 6.45) is -4.40. The van der Waals surface area contributed by atoms with Crippen LogP contribution in [0.5, 0.6) is 0 Å². The van der Waals surface area contributed by atoms with Gasteiger partial charge >= 0.3 is 6.18 Å². The zero-order chi connectivity index (χ0) is 10.1. The average Bonchev–Trinajstić information content (AvgIpc) is 2.03. The lowest BCUT2D eigenvalue weighted by atomic mass is 10.2. The average molecular weight is 190 g/mol. The van der Waals surface area contributed by atoms with Crippen molar-refractivity contribution in [3.63, 3.8) is 0 Å². The fourth-order valence-corrected chi connectivity index (χ4v) is 0.878. The van der Waals surface area contributed by atoms with E-state index in [0.29, 0.717) is 5.06 Å². The zero-order valence-corrected chi connectivity index (χ0v) is 6.80. The Morgan fingerprint density at radius 3 is 2.38 bits per heavy atom. The van der Waals surface area contributed by atoms with Gasteiger partial charge in [0.05, 0.1) is 5.56 Å². The van der Waals surface area contributed by atoms with Crippen molar-refractivity contribution < 1.29 is 13.2 Å². The van der Waals surface area contributed by atoms with Gasteiger partial charge in [0.25, 0.3) is 0 Å². The van der Waals surface area contributed by atoms with Crippen LogP contribution in [0.2, 0.25) is 0 Å². The van der Waals surface area contributed by atoms with Crippen LogP contribution in [0.3, 0.4) is 0 Å². The smallest absolute Gasteiger partial charge is 0.416 e. The van der Waals surface area contributed by atoms with Gasteiger partial charge in [0.2, 0.25) is 0 Å². The molecule has 0 spiro atoms. The lowest BCUT2D eigenvalue weighted by molar-refractivity contribution is -0.137. The summed E-state index contributed by atoms with van der Waals surface area (Å²) in [5.74, 6) is 0. The van der Waals surface area contributed by atoms with Gasteiger partial charge in [-0.2, -0.15) is 13.2 Å². The van der Waals surface area contributed by atoms with Crippen molar-refractivity contribution in [2.24, 2.45) is 0 Å². The van der Waals surface area contributed by atoms with Gasteiger partial charge in [-0.1, -0.05) is 6.07 Å². The summed E-state index contributed by atoms with van der Waals surface area (Å²) in [4.78, 5) is 0. The van der Waals surface area contributed by atoms with E-state index in [1.807, 2.05) is 0 Å². The van der Waals surface area contributed by atoms with Gasteiger partial charge in [-0.05, 0) is 25.2 Å². The van der Waals surface area contributed by atoms with Crippen molar-refractivity contribution in [1.29, 1.82) is 0 Å². The predicted octanol–water partition coefficient (Wildman–Crippen LogP) is 2.64. The third-order valence-electron chi connectivity index (χ3n) is 1.54. The molecule has 0 atom stereocenters. The molecule has 2 nitrogen and oxygen atoms in total. The maximum Gasteiger partial charge on any atom is 0.416 e. The van der Waals surface area contributed by atoms with Crippen molar-refractivity contribution in [3.8, 4) is 0 Å². The Labute approximate surface area is 73.2 Å². The van der Waals surface area contributed by atoms with E-state index in [4.69, 9.17) is 0 Å². The van der Waals surface area contributed by atoms with E-state index in [1.54, 1.807) is 0 Å². The number of nitrogens with zero attached hydrogens (tertiary/aromatic N) is 1. The van der Waals surface area contributed by atoms with Gasteiger partial charge in [-0.3, -0.25) is 0 Å². The van der Waals surface area contributed by atoms with E-state index in [-0.39, 0.29) is 5.69 Å². The van der Waals surface area contributed by atoms with Gasteiger partial charge in [0.1, 0.15) is 0 Å². The molecule has 0 bridgehead atoms. The molecule has 1 aromatic rings. The third kappa shape index (κ3) is 2.35. The van der Waals surface area contributed by atoms with Crippen molar-refractivity contribution >= 4 is 5.69 Å². The van der Waals surface area contributed by atoms with Crippen LogP contribution in [0.1, 0.15) is 5.56 Å². The first-order valence-corrected chi connectivity index (χ1v) is 3.49. The van der Waals surface area contributed by atoms with Crippen LogP contribution in [-0.4, -0.2) is 7.05 Å². The molecule has 0 aliphatic heterocycles. The molecule has 0 radical (unpaired) electrons. The molecule has 0 saturated heterocycles. The lowest BCUT2D eigenvalue weighted by Crippen LogP contribution is -2.09. The highest BCUT2D eigenvalue weighted by atomic mass is 19.4. The van der Waals surface area contributed by atoms with Crippen molar-refractivity contribution in [2.75, 3.05) is 12.1 Å². The number of alkyl halides is 3. The van der Waals surface area contributed by atoms with Gasteiger partial charge in [-0.15, -0.1) is 0 Å². The largest absolute Gasteiger partial charge is 0.758 e. The number of halogens is 3. The third-order valence-corrected chi connectivity index (χ3v) is 1.54. The van der Waals surface area contributed by atoms with Crippen LogP contribution in [0.4, 0.5) is 18.9 Å². The summed E-state index contributed by atoms with van der Waals surface area (Å²) >= 11 is 0. The van der Waals surface area contributed by atoms with Crippen LogP contribution in [0.15, 0.2) is 24.3 Å². The van der Waals surface area contributed by atoms with Gasteiger partial charge in [0.15, 0.2) is 0 Å². The Kier molecular flexibility index (Phi) is 2.47. The van der Waals surface area contributed by atoms with Crippen LogP contribution in [-0.2, 0) is 6.18 Å². The molecular weight excluding hydrogens is 183 g/mol. The molecule has 1 aromatic carbocycles. The van der Waals surface area contributed by atoms with E-state index in [1.165, 1.54) is 12.1 Å². The standard InChI is InChI=1S/C8H7F3NO/c1-12(13)7-4-2-3-6(5-7)8(9,10)11/h2-5H,1H3/q-1. The highest BCUT2D eigenvalue weighted by Crippen LogP contribution is 2.31. The number of hydroxylamine groups is 1. The first-order valence-electron chi connectivity index (χ1n) is 3.49. The molecule has 0 fully saturated rings. The monoisotopic (exact) mass is 190 g/mol. The molecule has 0 aliphatic rings. The SMILES string of the molecule is CN([O-])c1cccc(C(F)(F)F)c1. The van der Waals surface area contributed by atoms with Crippen molar-refractivity contribution in [2.45, 2.75) is 6.18 Å². The number of anilines is 1. The molecule has 0 aromatic heterocycles. The Morgan fingerprint density at radius 2 is 1.92 bits per heavy atom. The fourth-order valence-electron chi connectivity index (χ4n) is 0.878. The van der Waals surface area contributed by atoms with Crippen LogP contribution < -0.4 is 5.06 Å². The number of rotatable bonds is 1. The van der Waals surface area contributed by atoms with Gasteiger partial charge in [0, 0.05) is 5.69 Å². The predicted molar refractivity (Wildman–Crippen MR) is 43.2 cm³/mol. The lowest BCUT2D eigenvalue weighted by Gasteiger charge is -2.25. The highest BCUT2D eigenvalue weighted by molar-refractivity contribution is 5.49. The Bertz CT molecular complexity index is 296. The van der Waals surface area contributed by atoms with Crippen LogP contribution >= 0.6 is 0 Å². The van der Waals surface area contributed by atoms with Gasteiger partial charge < -0.3 is 10.3 Å². The van der Waals surface area contributed by atoms with Gasteiger partial charge in [-0.25, -0.2) is 0 Å². The van der Waals surface area contributed by atoms with Crippen LogP contribution in [0.25, 0.3) is 0 Å². The number of benzene rings is 1. The first-order chi connectivity index (χ1) is 5.91. The van der Waals surface area contributed by atoms with E-state index in [2.05, 4.69) is 0 Å². The van der Waals surface area contributed by atoms with E-state index < -0.39 is 11.7 Å². The molecule has 13 heavy (non-hydrogen) atoms. The summed E-state index contributed by atoms with van der Waals surface area (Å²) in [6.45, 7) is 0. The quantitative estimate of drug-likeness (QED) is 0.636. The van der Waals surface area contributed by atoms with E-state index in [0.717, 1.165) is 19.2 Å². The molecule has 5 heteroatoms. The maximum absolute atomic E-state index is 12.1. The van der Waals surface area contributed by atoms with E-state index >= 15 is 0 Å². The highest BCUT2D eigenvalue weighted by Gasteiger charge is 2.30. The molecular formula is C8H7F3NO-. The molecule has 0 saturated carbocycles. The minimum absolute atomic E-state index is 0.00479. The first kappa shape index (κ1) is 9.85. The zero-order valence-electron chi connectivity index (χ0n) is 6.80. The fraction of sp³-hybridized carbons (Fsp3) is 0.250. The molecule has 0 N–H and O–H groups in total. The molecule has 0 unspecified atom stereocenters. The summed E-state index contributed by atoms with van der Waals surface area (Å²) in [5.41, 5.74) is -0.817. The normalized spacial score (nSPS) is 11.5. The second kappa shape index (κ2) is 3.26. The molecule has 1 rings (SSSR count). The molecule has 72 valence electrons. The summed E-state index contributed by atoms with van der Waals surface area (Å²) in [7, 11) is 1.15. The summed E-state index contributed by atoms with van der Waals surface area (Å²) < 4.78 is 36.3. The number of hydrogen-bond acceptors (Lipinski definition) is 2. The second-order valence-electron chi connectivity index (χ2n) is 2.55. The summed E-state index contributed by atoms with van der Waals surface area (Å²) in [6, 6.07) is 4.26. The Morgan fingerprint density at radius 1 is 1.31 bits per heavy atom. The molecule has 0 heterocycles. The minimum Gasteiger partial charge on any atom is -0.758 e. The topological polar surface area (TPSA) is 26.3 Å². The van der Waals surface area contributed by atoms with Crippen LogP contribution in [0, 0.1) is 5.21 Å². The Hall–Kier alpha value is -1.23.